The lowest BCUT2D eigenvalue weighted by molar-refractivity contribution is -0.127. The maximum Gasteiger partial charge on any atom is 0.223 e. The van der Waals surface area contributed by atoms with Gasteiger partial charge in [0.15, 0.2) is 0 Å². The van der Waals surface area contributed by atoms with Crippen molar-refractivity contribution >= 4 is 5.91 Å². The van der Waals surface area contributed by atoms with Gasteiger partial charge in [-0.2, -0.15) is 0 Å². The lowest BCUT2D eigenvalue weighted by Crippen LogP contribution is -2.36. The minimum atomic E-state index is -0.123. The maximum absolute atomic E-state index is 13.0. The van der Waals surface area contributed by atoms with Crippen molar-refractivity contribution in [2.45, 2.75) is 63.8 Å². The molecule has 0 unspecified atom stereocenters. The molecule has 2 heterocycles. The summed E-state index contributed by atoms with van der Waals surface area (Å²) in [7, 11) is 0. The first-order valence-electron chi connectivity index (χ1n) is 11.5. The van der Waals surface area contributed by atoms with E-state index in [9.17, 15) is 4.79 Å². The van der Waals surface area contributed by atoms with Gasteiger partial charge in [-0.15, -0.1) is 0 Å². The zero-order valence-electron chi connectivity index (χ0n) is 17.8. The predicted molar refractivity (Wildman–Crippen MR) is 121 cm³/mol. The Morgan fingerprint density at radius 2 is 1.97 bits per heavy atom. The van der Waals surface area contributed by atoms with Crippen LogP contribution in [0.3, 0.4) is 0 Å². The van der Waals surface area contributed by atoms with Crippen molar-refractivity contribution in [1.82, 2.24) is 15.3 Å². The molecule has 1 saturated carbocycles. The van der Waals surface area contributed by atoms with E-state index in [2.05, 4.69) is 51.7 Å². The van der Waals surface area contributed by atoms with Gasteiger partial charge in [0, 0.05) is 11.5 Å². The molecule has 5 heteroatoms. The van der Waals surface area contributed by atoms with Gasteiger partial charge in [0.25, 0.3) is 0 Å². The van der Waals surface area contributed by atoms with Crippen molar-refractivity contribution in [1.29, 1.82) is 0 Å². The fraction of sp³-hybridized carbons (Fsp3) is 0.520. The third kappa shape index (κ3) is 5.01. The average Bonchev–Trinajstić information content (AvgIpc) is 3.27. The fourth-order valence-corrected chi connectivity index (χ4v) is 4.77. The van der Waals surface area contributed by atoms with E-state index in [1.165, 1.54) is 24.0 Å². The predicted octanol–water partition coefficient (Wildman–Crippen LogP) is 4.67. The van der Waals surface area contributed by atoms with E-state index < -0.39 is 0 Å². The summed E-state index contributed by atoms with van der Waals surface area (Å²) in [4.78, 5) is 21.2. The molecule has 2 aromatic rings. The molecule has 0 spiro atoms. The van der Waals surface area contributed by atoms with Crippen molar-refractivity contribution in [2.24, 2.45) is 17.6 Å². The van der Waals surface area contributed by atoms with Crippen molar-refractivity contribution in [3.05, 3.63) is 54.0 Å². The lowest BCUT2D eigenvalue weighted by Gasteiger charge is -2.28. The van der Waals surface area contributed by atoms with Gasteiger partial charge in [-0.25, -0.2) is 4.98 Å². The molecule has 0 radical (unpaired) electrons. The van der Waals surface area contributed by atoms with Gasteiger partial charge in [0.1, 0.15) is 5.82 Å². The van der Waals surface area contributed by atoms with Gasteiger partial charge < -0.3 is 16.0 Å². The van der Waals surface area contributed by atoms with E-state index in [0.29, 0.717) is 5.92 Å². The molecule has 0 saturated heterocycles. The molecule has 1 amide bonds. The van der Waals surface area contributed by atoms with Crippen LogP contribution in [0.2, 0.25) is 0 Å². The molecule has 30 heavy (non-hydrogen) atoms. The molecule has 160 valence electrons. The van der Waals surface area contributed by atoms with Crippen LogP contribution in [0.4, 0.5) is 0 Å². The Kier molecular flexibility index (Phi) is 7.00. The topological polar surface area (TPSA) is 83.8 Å². The van der Waals surface area contributed by atoms with E-state index in [0.717, 1.165) is 63.0 Å². The Hall–Kier alpha value is -2.40. The minimum absolute atomic E-state index is 0.0940. The smallest absolute Gasteiger partial charge is 0.223 e. The Balaban J connectivity index is 1.53. The largest absolute Gasteiger partial charge is 0.346 e. The Morgan fingerprint density at radius 1 is 1.13 bits per heavy atom. The molecule has 5 nitrogen and oxygen atoms in total. The SMILES string of the molecule is NCC1CCC(C(=O)N[C@H]2C/C=C\CCCCc3ccccc3-c3cnc2[nH]3)CC1. The number of H-pyrrole nitrogens is 1. The summed E-state index contributed by atoms with van der Waals surface area (Å²) < 4.78 is 0. The van der Waals surface area contributed by atoms with Crippen LogP contribution in [0.5, 0.6) is 0 Å². The summed E-state index contributed by atoms with van der Waals surface area (Å²) in [6.45, 7) is 0.735. The van der Waals surface area contributed by atoms with E-state index in [1.807, 2.05) is 6.20 Å². The number of carbonyl (C=O) groups is 1. The second kappa shape index (κ2) is 10.1. The highest BCUT2D eigenvalue weighted by Gasteiger charge is 2.28. The number of imidazole rings is 1. The molecule has 1 aromatic carbocycles. The highest BCUT2D eigenvalue weighted by Crippen LogP contribution is 2.30. The number of hydrogen-bond acceptors (Lipinski definition) is 3. The normalized spacial score (nSPS) is 25.8. The number of hydrogen-bond donors (Lipinski definition) is 3. The van der Waals surface area contributed by atoms with Crippen LogP contribution in [0.15, 0.2) is 42.6 Å². The van der Waals surface area contributed by atoms with E-state index in [-0.39, 0.29) is 17.9 Å². The second-order valence-corrected chi connectivity index (χ2v) is 8.81. The van der Waals surface area contributed by atoms with Crippen LogP contribution in [-0.2, 0) is 11.2 Å². The number of aromatic nitrogens is 2. The van der Waals surface area contributed by atoms with E-state index >= 15 is 0 Å². The fourth-order valence-electron chi connectivity index (χ4n) is 4.77. The zero-order chi connectivity index (χ0) is 20.8. The monoisotopic (exact) mass is 406 g/mol. The number of carbonyl (C=O) groups excluding carboxylic acids is 1. The summed E-state index contributed by atoms with van der Waals surface area (Å²) in [5, 5.41) is 3.29. The van der Waals surface area contributed by atoms with Crippen molar-refractivity contribution in [2.75, 3.05) is 6.54 Å². The molecule has 1 aliphatic carbocycles. The summed E-state index contributed by atoms with van der Waals surface area (Å²) in [5.41, 5.74) is 9.41. The molecular weight excluding hydrogens is 372 g/mol. The van der Waals surface area contributed by atoms with Crippen LogP contribution in [0.25, 0.3) is 11.3 Å². The molecule has 2 aliphatic rings. The Labute approximate surface area is 179 Å². The number of aromatic amines is 1. The van der Waals surface area contributed by atoms with Gasteiger partial charge in [-0.3, -0.25) is 4.79 Å². The summed E-state index contributed by atoms with van der Waals surface area (Å²) in [6.07, 6.45) is 15.6. The molecule has 1 aromatic heterocycles. The van der Waals surface area contributed by atoms with Gasteiger partial charge in [0.05, 0.1) is 17.9 Å². The molecule has 1 fully saturated rings. The standard InChI is InChI=1S/C25H34N4O/c26-16-18-12-14-20(15-13-18)25(30)29-22-11-5-3-1-2-4-8-19-9-6-7-10-21(19)23-17-27-24(22)28-23/h3,5-7,9-10,17-18,20,22H,1-2,4,8,11-16,26H2,(H,27,28)(H,29,30)/b5-3-/t18?,20?,22-/m0/s1. The first-order valence-corrected chi connectivity index (χ1v) is 11.5. The molecule has 4 N–H and O–H groups in total. The number of allylic oxidation sites excluding steroid dienone is 1. The third-order valence-electron chi connectivity index (χ3n) is 6.71. The highest BCUT2D eigenvalue weighted by atomic mass is 16.1. The minimum Gasteiger partial charge on any atom is -0.346 e. The van der Waals surface area contributed by atoms with Crippen molar-refractivity contribution < 1.29 is 4.79 Å². The average molecular weight is 407 g/mol. The van der Waals surface area contributed by atoms with Crippen LogP contribution in [0, 0.1) is 11.8 Å². The van der Waals surface area contributed by atoms with Crippen molar-refractivity contribution in [3.63, 3.8) is 0 Å². The van der Waals surface area contributed by atoms with Crippen LogP contribution >= 0.6 is 0 Å². The molecule has 4 rings (SSSR count). The number of aryl methyl sites for hydroxylation is 1. The molecular formula is C25H34N4O. The number of nitrogens with two attached hydrogens (primary N) is 1. The zero-order valence-corrected chi connectivity index (χ0v) is 17.8. The van der Waals surface area contributed by atoms with Gasteiger partial charge in [0.2, 0.25) is 5.91 Å². The number of benzene rings is 1. The number of nitrogens with one attached hydrogen (secondary N) is 2. The first-order chi connectivity index (χ1) is 14.7. The quantitative estimate of drug-likeness (QED) is 0.648. The van der Waals surface area contributed by atoms with Gasteiger partial charge >= 0.3 is 0 Å². The van der Waals surface area contributed by atoms with Crippen LogP contribution in [0.1, 0.15) is 68.8 Å². The summed E-state index contributed by atoms with van der Waals surface area (Å²) >= 11 is 0. The Bertz CT molecular complexity index is 864. The van der Waals surface area contributed by atoms with E-state index in [1.54, 1.807) is 0 Å². The second-order valence-electron chi connectivity index (χ2n) is 8.81. The summed E-state index contributed by atoms with van der Waals surface area (Å²) in [5.74, 6) is 1.67. The first kappa shape index (κ1) is 20.9. The van der Waals surface area contributed by atoms with Gasteiger partial charge in [-0.1, -0.05) is 36.4 Å². The number of fused-ring (bicyclic) bond motifs is 4. The number of rotatable bonds is 3. The molecule has 2 bridgehead atoms. The van der Waals surface area contributed by atoms with Crippen LogP contribution < -0.4 is 11.1 Å². The van der Waals surface area contributed by atoms with Gasteiger partial charge in [-0.05, 0) is 75.8 Å². The van der Waals surface area contributed by atoms with Crippen molar-refractivity contribution in [3.8, 4) is 11.3 Å². The number of amides is 1. The maximum atomic E-state index is 13.0. The molecule has 1 atom stereocenters. The number of nitrogens with zero attached hydrogens (tertiary/aromatic N) is 1. The summed E-state index contributed by atoms with van der Waals surface area (Å²) in [6, 6.07) is 8.44. The third-order valence-corrected chi connectivity index (χ3v) is 6.71. The lowest BCUT2D eigenvalue weighted by atomic mass is 9.81. The molecule has 1 aliphatic heterocycles. The Morgan fingerprint density at radius 3 is 2.80 bits per heavy atom. The highest BCUT2D eigenvalue weighted by molar-refractivity contribution is 5.79. The van der Waals surface area contributed by atoms with Crippen LogP contribution in [-0.4, -0.2) is 22.4 Å². The van der Waals surface area contributed by atoms with E-state index in [4.69, 9.17) is 5.73 Å².